The van der Waals surface area contributed by atoms with Crippen molar-refractivity contribution in [1.29, 1.82) is 0 Å². The molecule has 4 heterocycles. The topological polar surface area (TPSA) is 72.5 Å². The molecule has 0 aromatic carbocycles. The number of rotatable bonds is 4. The molecule has 4 rings (SSSR count). The van der Waals surface area contributed by atoms with E-state index >= 15 is 0 Å². The first-order valence-corrected chi connectivity index (χ1v) is 9.09. The Morgan fingerprint density at radius 3 is 2.61 bits per heavy atom. The first-order chi connectivity index (χ1) is 13.5. The Morgan fingerprint density at radius 2 is 1.89 bits per heavy atom. The number of piperidine rings is 1. The maximum atomic E-state index is 12.6. The number of fused-ring (bicyclic) bond motifs is 1. The van der Waals surface area contributed by atoms with Crippen LogP contribution >= 0.6 is 0 Å². The Labute approximate surface area is 158 Å². The van der Waals surface area contributed by atoms with Crippen molar-refractivity contribution in [3.63, 3.8) is 0 Å². The molecule has 0 radical (unpaired) electrons. The molecule has 0 unspecified atom stereocenters. The molecule has 146 valence electrons. The summed E-state index contributed by atoms with van der Waals surface area (Å²) in [5.74, 6) is 0.879. The van der Waals surface area contributed by atoms with E-state index in [1.165, 1.54) is 21.4 Å². The van der Waals surface area contributed by atoms with Gasteiger partial charge in [-0.2, -0.15) is 0 Å². The van der Waals surface area contributed by atoms with Crippen molar-refractivity contribution in [3.05, 3.63) is 69.3 Å². The number of anilines is 1. The van der Waals surface area contributed by atoms with Crippen molar-refractivity contribution in [2.45, 2.75) is 25.8 Å². The number of pyridine rings is 1. The van der Waals surface area contributed by atoms with Gasteiger partial charge in [-0.3, -0.25) is 18.6 Å². The third-order valence-corrected chi connectivity index (χ3v) is 5.08. The number of aromatic nitrogens is 4. The number of alkyl halides is 2. The van der Waals surface area contributed by atoms with Crippen molar-refractivity contribution in [3.8, 4) is 0 Å². The van der Waals surface area contributed by atoms with Crippen LogP contribution in [0.4, 0.5) is 14.6 Å². The molecule has 0 atom stereocenters. The van der Waals surface area contributed by atoms with Gasteiger partial charge in [-0.15, -0.1) is 0 Å². The fourth-order valence-corrected chi connectivity index (χ4v) is 3.52. The van der Waals surface area contributed by atoms with E-state index in [9.17, 15) is 18.4 Å². The van der Waals surface area contributed by atoms with Crippen LogP contribution in [0, 0.1) is 5.92 Å². The molecule has 0 N–H and O–H groups in total. The second-order valence-electron chi connectivity index (χ2n) is 6.92. The molecule has 1 aliphatic rings. The number of hydrogen-bond donors (Lipinski definition) is 0. The Kier molecular flexibility index (Phi) is 4.89. The predicted octanol–water partition coefficient (Wildman–Crippen LogP) is 2.11. The summed E-state index contributed by atoms with van der Waals surface area (Å²) in [7, 11) is 0. The maximum absolute atomic E-state index is 12.6. The van der Waals surface area contributed by atoms with E-state index in [0.29, 0.717) is 31.1 Å². The van der Waals surface area contributed by atoms with Gasteiger partial charge in [-0.1, -0.05) is 6.07 Å². The van der Waals surface area contributed by atoms with E-state index < -0.39 is 17.7 Å². The van der Waals surface area contributed by atoms with Gasteiger partial charge in [-0.05, 0) is 30.9 Å². The molecular formula is C19H19F2N5O2. The van der Waals surface area contributed by atoms with Crippen molar-refractivity contribution >= 4 is 11.5 Å². The Bertz CT molecular complexity index is 1100. The highest BCUT2D eigenvalue weighted by atomic mass is 19.3. The summed E-state index contributed by atoms with van der Waals surface area (Å²) in [4.78, 5) is 34.5. The highest BCUT2D eigenvalue weighted by molar-refractivity contribution is 5.48. The van der Waals surface area contributed by atoms with Crippen molar-refractivity contribution in [2.75, 3.05) is 18.0 Å². The van der Waals surface area contributed by atoms with Crippen LogP contribution in [-0.4, -0.2) is 32.0 Å². The monoisotopic (exact) mass is 387 g/mol. The van der Waals surface area contributed by atoms with E-state index in [0.717, 1.165) is 18.9 Å². The summed E-state index contributed by atoms with van der Waals surface area (Å²) < 4.78 is 28.1. The molecule has 0 amide bonds. The molecular weight excluding hydrogens is 368 g/mol. The first kappa shape index (κ1) is 18.3. The highest BCUT2D eigenvalue weighted by Crippen LogP contribution is 2.22. The molecule has 0 saturated carbocycles. The zero-order valence-corrected chi connectivity index (χ0v) is 15.0. The highest BCUT2D eigenvalue weighted by Gasteiger charge is 2.22. The minimum Gasteiger partial charge on any atom is -0.356 e. The van der Waals surface area contributed by atoms with Gasteiger partial charge >= 0.3 is 0 Å². The third kappa shape index (κ3) is 3.64. The lowest BCUT2D eigenvalue weighted by molar-refractivity contribution is 0.145. The molecule has 1 saturated heterocycles. The van der Waals surface area contributed by atoms with Gasteiger partial charge < -0.3 is 4.90 Å². The SMILES string of the molecule is O=c1cc(C(F)F)ncn1CC1CCN(c2cc(=O)n3ccccc3n2)CC1. The lowest BCUT2D eigenvalue weighted by Crippen LogP contribution is -2.37. The molecule has 9 heteroatoms. The fraction of sp³-hybridized carbons (Fsp3) is 0.368. The van der Waals surface area contributed by atoms with Gasteiger partial charge in [0.2, 0.25) is 0 Å². The van der Waals surface area contributed by atoms with E-state index in [-0.39, 0.29) is 11.5 Å². The Hall–Kier alpha value is -3.10. The maximum Gasteiger partial charge on any atom is 0.280 e. The van der Waals surface area contributed by atoms with Crippen LogP contribution in [0.5, 0.6) is 0 Å². The summed E-state index contributed by atoms with van der Waals surface area (Å²) in [6.07, 6.45) is 1.75. The van der Waals surface area contributed by atoms with Crippen LogP contribution in [0.1, 0.15) is 25.0 Å². The summed E-state index contributed by atoms with van der Waals surface area (Å²) >= 11 is 0. The minimum absolute atomic E-state index is 0.125. The molecule has 1 fully saturated rings. The molecule has 3 aromatic rings. The van der Waals surface area contributed by atoms with E-state index in [4.69, 9.17) is 0 Å². The second-order valence-corrected chi connectivity index (χ2v) is 6.92. The van der Waals surface area contributed by atoms with Gasteiger partial charge in [0, 0.05) is 38.0 Å². The molecule has 0 bridgehead atoms. The van der Waals surface area contributed by atoms with Gasteiger partial charge in [0.15, 0.2) is 0 Å². The average molecular weight is 387 g/mol. The van der Waals surface area contributed by atoms with Crippen LogP contribution < -0.4 is 16.0 Å². The normalized spacial score (nSPS) is 15.5. The molecule has 28 heavy (non-hydrogen) atoms. The Morgan fingerprint density at radius 1 is 1.11 bits per heavy atom. The number of hydrogen-bond acceptors (Lipinski definition) is 5. The molecule has 1 aliphatic heterocycles. The summed E-state index contributed by atoms with van der Waals surface area (Å²) in [5.41, 5.74) is -0.481. The number of nitrogens with zero attached hydrogens (tertiary/aromatic N) is 5. The smallest absolute Gasteiger partial charge is 0.280 e. The van der Waals surface area contributed by atoms with Crippen LogP contribution in [0.2, 0.25) is 0 Å². The zero-order chi connectivity index (χ0) is 19.7. The van der Waals surface area contributed by atoms with E-state index in [1.54, 1.807) is 18.3 Å². The third-order valence-electron chi connectivity index (χ3n) is 5.08. The summed E-state index contributed by atoms with van der Waals surface area (Å²) in [5, 5.41) is 0. The van der Waals surface area contributed by atoms with E-state index in [2.05, 4.69) is 14.9 Å². The van der Waals surface area contributed by atoms with Crippen molar-refractivity contribution in [2.24, 2.45) is 5.92 Å². The minimum atomic E-state index is -2.75. The summed E-state index contributed by atoms with van der Waals surface area (Å²) in [6.45, 7) is 1.85. The van der Waals surface area contributed by atoms with Gasteiger partial charge in [0.05, 0.1) is 6.33 Å². The van der Waals surface area contributed by atoms with E-state index in [1.807, 2.05) is 6.07 Å². The van der Waals surface area contributed by atoms with Crippen LogP contribution in [-0.2, 0) is 6.54 Å². The van der Waals surface area contributed by atoms with Crippen LogP contribution in [0.15, 0.2) is 52.4 Å². The standard InChI is InChI=1S/C19H19F2N5O2/c20-19(21)14-9-17(27)25(12-22-14)11-13-4-7-24(8-5-13)16-10-18(28)26-6-2-1-3-15(26)23-16/h1-3,6,9-10,12-13,19H,4-5,7-8,11H2. The molecule has 0 aliphatic carbocycles. The van der Waals surface area contributed by atoms with Crippen molar-refractivity contribution < 1.29 is 8.78 Å². The molecule has 7 nitrogen and oxygen atoms in total. The lowest BCUT2D eigenvalue weighted by Gasteiger charge is -2.33. The van der Waals surface area contributed by atoms with Gasteiger partial charge in [0.1, 0.15) is 17.2 Å². The fourth-order valence-electron chi connectivity index (χ4n) is 3.52. The Balaban J connectivity index is 1.44. The lowest BCUT2D eigenvalue weighted by atomic mass is 9.96. The average Bonchev–Trinajstić information content (AvgIpc) is 2.70. The van der Waals surface area contributed by atoms with Gasteiger partial charge in [-0.25, -0.2) is 18.7 Å². The van der Waals surface area contributed by atoms with Gasteiger partial charge in [0.25, 0.3) is 17.5 Å². The second kappa shape index (κ2) is 7.49. The predicted molar refractivity (Wildman–Crippen MR) is 99.9 cm³/mol. The number of halogens is 2. The largest absolute Gasteiger partial charge is 0.356 e. The van der Waals surface area contributed by atoms with Crippen LogP contribution in [0.25, 0.3) is 5.65 Å². The van der Waals surface area contributed by atoms with Crippen molar-refractivity contribution in [1.82, 2.24) is 18.9 Å². The first-order valence-electron chi connectivity index (χ1n) is 9.09. The zero-order valence-electron chi connectivity index (χ0n) is 15.0. The quantitative estimate of drug-likeness (QED) is 0.686. The summed E-state index contributed by atoms with van der Waals surface area (Å²) in [6, 6.07) is 7.84. The molecule has 3 aromatic heterocycles. The molecule has 0 spiro atoms. The van der Waals surface area contributed by atoms with Crippen LogP contribution in [0.3, 0.4) is 0 Å².